The van der Waals surface area contributed by atoms with Crippen molar-refractivity contribution in [3.63, 3.8) is 0 Å². The molecule has 1 N–H and O–H groups in total. The summed E-state index contributed by atoms with van der Waals surface area (Å²) in [5, 5.41) is 3.54. The molecule has 1 rings (SSSR count). The first-order valence-electron chi connectivity index (χ1n) is 5.87. The average Bonchev–Trinajstić information content (AvgIpc) is 2.29. The molecule has 0 saturated heterocycles. The second kappa shape index (κ2) is 6.57. The minimum atomic E-state index is 0.596. The van der Waals surface area contributed by atoms with Crippen molar-refractivity contribution in [3.8, 4) is 0 Å². The van der Waals surface area contributed by atoms with Crippen molar-refractivity contribution in [2.24, 2.45) is 5.92 Å². The zero-order chi connectivity index (χ0) is 11.1. The first-order chi connectivity index (χ1) is 7.24. The Labute approximate surface area is 93.1 Å². The summed E-state index contributed by atoms with van der Waals surface area (Å²) in [6.45, 7) is 7.80. The SMILES string of the molecule is CCC(C)C(C)NCCc1ccccn1. The number of nitrogens with zero attached hydrogens (tertiary/aromatic N) is 1. The summed E-state index contributed by atoms with van der Waals surface area (Å²) >= 11 is 0. The Balaban J connectivity index is 2.22. The molecular formula is C13H22N2. The van der Waals surface area contributed by atoms with Gasteiger partial charge in [0.05, 0.1) is 0 Å². The van der Waals surface area contributed by atoms with Crippen LogP contribution in [0, 0.1) is 5.92 Å². The Hall–Kier alpha value is -0.890. The van der Waals surface area contributed by atoms with Gasteiger partial charge in [0, 0.05) is 30.9 Å². The van der Waals surface area contributed by atoms with Crippen LogP contribution in [0.1, 0.15) is 32.9 Å². The third-order valence-electron chi connectivity index (χ3n) is 3.07. The summed E-state index contributed by atoms with van der Waals surface area (Å²) in [5.41, 5.74) is 1.17. The van der Waals surface area contributed by atoms with Crippen LogP contribution in [0.15, 0.2) is 24.4 Å². The van der Waals surface area contributed by atoms with Gasteiger partial charge in [-0.1, -0.05) is 26.3 Å². The molecule has 0 saturated carbocycles. The van der Waals surface area contributed by atoms with Crippen LogP contribution in [0.25, 0.3) is 0 Å². The first kappa shape index (κ1) is 12.2. The summed E-state index contributed by atoms with van der Waals surface area (Å²) in [4.78, 5) is 4.30. The highest BCUT2D eigenvalue weighted by Gasteiger charge is 2.08. The smallest absolute Gasteiger partial charge is 0.0416 e. The highest BCUT2D eigenvalue weighted by atomic mass is 14.9. The van der Waals surface area contributed by atoms with Crippen molar-refractivity contribution in [2.75, 3.05) is 6.54 Å². The molecule has 2 unspecified atom stereocenters. The lowest BCUT2D eigenvalue weighted by atomic mass is 10.0. The molecular weight excluding hydrogens is 184 g/mol. The predicted molar refractivity (Wildman–Crippen MR) is 64.9 cm³/mol. The van der Waals surface area contributed by atoms with Crippen molar-refractivity contribution in [1.82, 2.24) is 10.3 Å². The Kier molecular flexibility index (Phi) is 5.33. The van der Waals surface area contributed by atoms with E-state index in [9.17, 15) is 0 Å². The van der Waals surface area contributed by atoms with E-state index < -0.39 is 0 Å². The molecule has 2 atom stereocenters. The zero-order valence-electron chi connectivity index (χ0n) is 10.0. The molecule has 0 aromatic carbocycles. The van der Waals surface area contributed by atoms with Crippen LogP contribution in [-0.2, 0) is 6.42 Å². The highest BCUT2D eigenvalue weighted by Crippen LogP contribution is 2.06. The lowest BCUT2D eigenvalue weighted by Gasteiger charge is -2.19. The summed E-state index contributed by atoms with van der Waals surface area (Å²) in [6, 6.07) is 6.67. The third kappa shape index (κ3) is 4.43. The fourth-order valence-electron chi connectivity index (χ4n) is 1.53. The number of hydrogen-bond donors (Lipinski definition) is 1. The van der Waals surface area contributed by atoms with Gasteiger partial charge in [-0.3, -0.25) is 4.98 Å². The van der Waals surface area contributed by atoms with Crippen LogP contribution < -0.4 is 5.32 Å². The summed E-state index contributed by atoms with van der Waals surface area (Å²) in [6.07, 6.45) is 4.10. The number of hydrogen-bond acceptors (Lipinski definition) is 2. The van der Waals surface area contributed by atoms with Gasteiger partial charge in [0.1, 0.15) is 0 Å². The van der Waals surface area contributed by atoms with Crippen LogP contribution in [0.5, 0.6) is 0 Å². The van der Waals surface area contributed by atoms with E-state index in [1.807, 2.05) is 18.3 Å². The molecule has 0 aliphatic heterocycles. The van der Waals surface area contributed by atoms with Crippen molar-refractivity contribution in [3.05, 3.63) is 30.1 Å². The van der Waals surface area contributed by atoms with Crippen LogP contribution >= 0.6 is 0 Å². The Morgan fingerprint density at radius 2 is 2.13 bits per heavy atom. The van der Waals surface area contributed by atoms with E-state index in [1.54, 1.807) is 0 Å². The minimum Gasteiger partial charge on any atom is -0.314 e. The van der Waals surface area contributed by atoms with Crippen molar-refractivity contribution in [1.29, 1.82) is 0 Å². The van der Waals surface area contributed by atoms with Gasteiger partial charge in [0.2, 0.25) is 0 Å². The van der Waals surface area contributed by atoms with E-state index in [0.717, 1.165) is 18.9 Å². The van der Waals surface area contributed by atoms with Crippen LogP contribution in [0.4, 0.5) is 0 Å². The second-order valence-corrected chi connectivity index (χ2v) is 4.20. The molecule has 15 heavy (non-hydrogen) atoms. The van der Waals surface area contributed by atoms with Gasteiger partial charge in [0.15, 0.2) is 0 Å². The fraction of sp³-hybridized carbons (Fsp3) is 0.615. The quantitative estimate of drug-likeness (QED) is 0.774. The van der Waals surface area contributed by atoms with E-state index >= 15 is 0 Å². The lowest BCUT2D eigenvalue weighted by molar-refractivity contribution is 0.392. The molecule has 1 heterocycles. The molecule has 1 aromatic heterocycles. The molecule has 2 nitrogen and oxygen atoms in total. The van der Waals surface area contributed by atoms with Gasteiger partial charge in [0.25, 0.3) is 0 Å². The van der Waals surface area contributed by atoms with Gasteiger partial charge in [-0.25, -0.2) is 0 Å². The van der Waals surface area contributed by atoms with Gasteiger partial charge >= 0.3 is 0 Å². The van der Waals surface area contributed by atoms with Gasteiger partial charge in [-0.05, 0) is 25.0 Å². The molecule has 0 amide bonds. The molecule has 0 radical (unpaired) electrons. The van der Waals surface area contributed by atoms with Crippen LogP contribution in [0.2, 0.25) is 0 Å². The Bertz CT molecular complexity index is 258. The molecule has 1 aromatic rings. The zero-order valence-corrected chi connectivity index (χ0v) is 10.0. The van der Waals surface area contributed by atoms with Crippen LogP contribution in [-0.4, -0.2) is 17.6 Å². The van der Waals surface area contributed by atoms with E-state index in [-0.39, 0.29) is 0 Å². The molecule has 2 heteroatoms. The second-order valence-electron chi connectivity index (χ2n) is 4.20. The Morgan fingerprint density at radius 1 is 1.33 bits per heavy atom. The highest BCUT2D eigenvalue weighted by molar-refractivity contribution is 5.03. The predicted octanol–water partition coefficient (Wildman–Crippen LogP) is 2.65. The monoisotopic (exact) mass is 206 g/mol. The van der Waals surface area contributed by atoms with E-state index in [0.29, 0.717) is 6.04 Å². The lowest BCUT2D eigenvalue weighted by Crippen LogP contribution is -2.33. The summed E-state index contributed by atoms with van der Waals surface area (Å²) in [5.74, 6) is 0.744. The van der Waals surface area contributed by atoms with Crippen molar-refractivity contribution < 1.29 is 0 Å². The first-order valence-corrected chi connectivity index (χ1v) is 5.87. The third-order valence-corrected chi connectivity index (χ3v) is 3.07. The maximum Gasteiger partial charge on any atom is 0.0416 e. The Morgan fingerprint density at radius 3 is 2.73 bits per heavy atom. The normalized spacial score (nSPS) is 14.9. The molecule has 0 bridgehead atoms. The average molecular weight is 206 g/mol. The van der Waals surface area contributed by atoms with Crippen LogP contribution in [0.3, 0.4) is 0 Å². The summed E-state index contributed by atoms with van der Waals surface area (Å²) in [7, 11) is 0. The minimum absolute atomic E-state index is 0.596. The number of aromatic nitrogens is 1. The summed E-state index contributed by atoms with van der Waals surface area (Å²) < 4.78 is 0. The molecule has 0 aliphatic carbocycles. The van der Waals surface area contributed by atoms with Crippen molar-refractivity contribution in [2.45, 2.75) is 39.7 Å². The largest absolute Gasteiger partial charge is 0.314 e. The van der Waals surface area contributed by atoms with E-state index in [2.05, 4.69) is 37.1 Å². The molecule has 0 spiro atoms. The van der Waals surface area contributed by atoms with Gasteiger partial charge in [-0.2, -0.15) is 0 Å². The standard InChI is InChI=1S/C13H22N2/c1-4-11(2)12(3)14-10-8-13-7-5-6-9-15-13/h5-7,9,11-12,14H,4,8,10H2,1-3H3. The topological polar surface area (TPSA) is 24.9 Å². The fourth-order valence-corrected chi connectivity index (χ4v) is 1.53. The maximum atomic E-state index is 4.30. The molecule has 84 valence electrons. The number of pyridine rings is 1. The number of nitrogens with one attached hydrogen (secondary N) is 1. The van der Waals surface area contributed by atoms with Crippen molar-refractivity contribution >= 4 is 0 Å². The molecule has 0 aliphatic rings. The van der Waals surface area contributed by atoms with E-state index in [4.69, 9.17) is 0 Å². The van der Waals surface area contributed by atoms with E-state index in [1.165, 1.54) is 12.1 Å². The van der Waals surface area contributed by atoms with Gasteiger partial charge in [-0.15, -0.1) is 0 Å². The number of rotatable bonds is 6. The maximum absolute atomic E-state index is 4.30. The molecule has 0 fully saturated rings. The van der Waals surface area contributed by atoms with Gasteiger partial charge < -0.3 is 5.32 Å².